The molecule has 2 amide bonds. The molecule has 0 saturated heterocycles. The van der Waals surface area contributed by atoms with Crippen LogP contribution in [0.15, 0.2) is 35.7 Å². The van der Waals surface area contributed by atoms with Gasteiger partial charge in [0.1, 0.15) is 0 Å². The van der Waals surface area contributed by atoms with E-state index in [2.05, 4.69) is 10.6 Å². The highest BCUT2D eigenvalue weighted by atomic mass is 32.1. The molecule has 0 fully saturated rings. The molecule has 1 aromatic carbocycles. The fraction of sp³-hybridized carbons (Fsp3) is 0.312. The summed E-state index contributed by atoms with van der Waals surface area (Å²) in [6, 6.07) is 9.02. The van der Waals surface area contributed by atoms with Crippen LogP contribution >= 0.6 is 11.3 Å². The Morgan fingerprint density at radius 2 is 2.13 bits per heavy atom. The Labute approximate surface area is 138 Å². The van der Waals surface area contributed by atoms with Gasteiger partial charge in [0.2, 0.25) is 6.79 Å². The van der Waals surface area contributed by atoms with Crippen molar-refractivity contribution in [3.8, 4) is 11.5 Å². The minimum absolute atomic E-state index is 0.209. The highest BCUT2D eigenvalue weighted by molar-refractivity contribution is 7.09. The number of carbonyl (C=O) groups is 1. The van der Waals surface area contributed by atoms with Crippen LogP contribution in [0.3, 0.4) is 0 Å². The Kier molecular flexibility index (Phi) is 4.99. The summed E-state index contributed by atoms with van der Waals surface area (Å²) in [6.07, 6.45) is -0.242. The minimum Gasteiger partial charge on any atom is -0.454 e. The maximum Gasteiger partial charge on any atom is 0.315 e. The number of urea groups is 1. The molecule has 1 aliphatic heterocycles. The molecular weight excluding hydrogens is 316 g/mol. The van der Waals surface area contributed by atoms with Gasteiger partial charge in [-0.2, -0.15) is 0 Å². The van der Waals surface area contributed by atoms with Crippen molar-refractivity contribution in [2.24, 2.45) is 0 Å². The lowest BCUT2D eigenvalue weighted by Crippen LogP contribution is -2.35. The second-order valence-corrected chi connectivity index (χ2v) is 6.14. The number of hydrogen-bond acceptors (Lipinski definition) is 5. The molecule has 0 aliphatic carbocycles. The molecule has 3 rings (SSSR count). The van der Waals surface area contributed by atoms with Crippen LogP contribution in [-0.4, -0.2) is 24.5 Å². The molecule has 0 bridgehead atoms. The second-order valence-electron chi connectivity index (χ2n) is 5.11. The van der Waals surface area contributed by atoms with Crippen molar-refractivity contribution in [3.05, 3.63) is 46.2 Å². The summed E-state index contributed by atoms with van der Waals surface area (Å²) in [5, 5.41) is 17.7. The van der Waals surface area contributed by atoms with E-state index in [9.17, 15) is 9.90 Å². The first-order valence-corrected chi connectivity index (χ1v) is 8.22. The summed E-state index contributed by atoms with van der Waals surface area (Å²) in [7, 11) is 0. The van der Waals surface area contributed by atoms with Gasteiger partial charge in [-0.15, -0.1) is 11.3 Å². The first-order valence-electron chi connectivity index (χ1n) is 7.34. The third kappa shape index (κ3) is 4.14. The van der Waals surface area contributed by atoms with Crippen LogP contribution in [0, 0.1) is 0 Å². The quantitative estimate of drug-likeness (QED) is 0.758. The summed E-state index contributed by atoms with van der Waals surface area (Å²) in [4.78, 5) is 12.8. The van der Waals surface area contributed by atoms with Crippen LogP contribution in [0.4, 0.5) is 4.79 Å². The smallest absolute Gasteiger partial charge is 0.315 e. The van der Waals surface area contributed by atoms with Crippen LogP contribution < -0.4 is 20.1 Å². The number of amides is 2. The zero-order valence-corrected chi connectivity index (χ0v) is 13.3. The topological polar surface area (TPSA) is 79.8 Å². The van der Waals surface area contributed by atoms with Gasteiger partial charge in [-0.25, -0.2) is 4.79 Å². The van der Waals surface area contributed by atoms with Gasteiger partial charge in [0.15, 0.2) is 11.5 Å². The molecular formula is C16H18N2O4S. The Bertz CT molecular complexity index is 660. The fourth-order valence-electron chi connectivity index (χ4n) is 2.25. The highest BCUT2D eigenvalue weighted by Gasteiger charge is 2.16. The third-order valence-corrected chi connectivity index (χ3v) is 4.36. The fourth-order valence-corrected chi connectivity index (χ4v) is 2.90. The first-order chi connectivity index (χ1) is 11.2. The van der Waals surface area contributed by atoms with E-state index in [-0.39, 0.29) is 12.8 Å². The van der Waals surface area contributed by atoms with E-state index in [1.54, 1.807) is 29.5 Å². The molecule has 1 atom stereocenters. The van der Waals surface area contributed by atoms with Crippen LogP contribution in [0.25, 0.3) is 0 Å². The molecule has 2 aromatic rings. The molecule has 0 saturated carbocycles. The number of hydrogen-bond donors (Lipinski definition) is 3. The number of aliphatic hydroxyl groups is 1. The number of rotatable bonds is 6. The molecule has 0 unspecified atom stereocenters. The van der Waals surface area contributed by atoms with Gasteiger partial charge in [-0.3, -0.25) is 0 Å². The molecule has 2 heterocycles. The van der Waals surface area contributed by atoms with Gasteiger partial charge in [-0.05, 0) is 35.6 Å². The van der Waals surface area contributed by atoms with Gasteiger partial charge in [-0.1, -0.05) is 12.1 Å². The van der Waals surface area contributed by atoms with E-state index in [4.69, 9.17) is 9.47 Å². The van der Waals surface area contributed by atoms with Crippen molar-refractivity contribution in [2.75, 3.05) is 13.3 Å². The highest BCUT2D eigenvalue weighted by Crippen LogP contribution is 2.34. The van der Waals surface area contributed by atoms with Crippen LogP contribution in [0.5, 0.6) is 11.5 Å². The van der Waals surface area contributed by atoms with Gasteiger partial charge in [0.05, 0.1) is 12.6 Å². The van der Waals surface area contributed by atoms with E-state index in [0.717, 1.165) is 10.4 Å². The van der Waals surface area contributed by atoms with E-state index < -0.39 is 6.10 Å². The maximum absolute atomic E-state index is 11.7. The number of carbonyl (C=O) groups excluding carboxylic acids is 1. The number of thiophene rings is 1. The molecule has 23 heavy (non-hydrogen) atoms. The first kappa shape index (κ1) is 15.6. The van der Waals surface area contributed by atoms with E-state index in [0.29, 0.717) is 31.0 Å². The van der Waals surface area contributed by atoms with E-state index >= 15 is 0 Å². The molecule has 122 valence electrons. The second kappa shape index (κ2) is 7.34. The number of aliphatic hydroxyl groups excluding tert-OH is 1. The Hall–Kier alpha value is -2.25. The summed E-state index contributed by atoms with van der Waals surface area (Å²) in [5.74, 6) is 1.33. The summed E-state index contributed by atoms with van der Waals surface area (Å²) in [5.41, 5.74) is 0.745. The Balaban J connectivity index is 1.40. The molecule has 1 aliphatic rings. The minimum atomic E-state index is -0.665. The van der Waals surface area contributed by atoms with Gasteiger partial charge in [0.25, 0.3) is 0 Å². The predicted octanol–water partition coefficient (Wildman–Crippen LogP) is 2.40. The summed E-state index contributed by atoms with van der Waals surface area (Å²) >= 11 is 1.60. The zero-order valence-electron chi connectivity index (χ0n) is 12.5. The molecule has 1 aromatic heterocycles. The van der Waals surface area contributed by atoms with Crippen LogP contribution in [0.2, 0.25) is 0 Å². The standard InChI is InChI=1S/C16H18N2O4S/c19-13(11-3-4-14-15(8-11)22-10-21-14)5-6-17-16(20)18-9-12-2-1-7-23-12/h1-4,7-8,13,19H,5-6,9-10H2,(H2,17,18,20)/t13-/m1/s1. The largest absolute Gasteiger partial charge is 0.454 e. The lowest BCUT2D eigenvalue weighted by atomic mass is 10.1. The average molecular weight is 334 g/mol. The Morgan fingerprint density at radius 1 is 1.26 bits per heavy atom. The number of fused-ring (bicyclic) bond motifs is 1. The summed E-state index contributed by atoms with van der Waals surface area (Å²) < 4.78 is 10.5. The maximum atomic E-state index is 11.7. The van der Waals surface area contributed by atoms with E-state index in [1.165, 1.54) is 0 Å². The number of ether oxygens (including phenoxy) is 2. The lowest BCUT2D eigenvalue weighted by molar-refractivity contribution is 0.165. The van der Waals surface area contributed by atoms with Crippen LogP contribution in [-0.2, 0) is 6.54 Å². The van der Waals surface area contributed by atoms with Gasteiger partial charge < -0.3 is 25.2 Å². The average Bonchev–Trinajstić information content (AvgIpc) is 3.23. The number of nitrogens with one attached hydrogen (secondary N) is 2. The van der Waals surface area contributed by atoms with Crippen molar-refractivity contribution < 1.29 is 19.4 Å². The number of benzene rings is 1. The molecule has 6 nitrogen and oxygen atoms in total. The lowest BCUT2D eigenvalue weighted by Gasteiger charge is -2.12. The molecule has 3 N–H and O–H groups in total. The SMILES string of the molecule is O=C(NCC[C@@H](O)c1ccc2c(c1)OCO2)NCc1cccs1. The van der Waals surface area contributed by atoms with E-state index in [1.807, 2.05) is 17.5 Å². The summed E-state index contributed by atoms with van der Waals surface area (Å²) in [6.45, 7) is 1.10. The molecule has 0 radical (unpaired) electrons. The van der Waals surface area contributed by atoms with Crippen molar-refractivity contribution in [2.45, 2.75) is 19.1 Å². The van der Waals surface area contributed by atoms with Crippen molar-refractivity contribution >= 4 is 17.4 Å². The monoisotopic (exact) mass is 334 g/mol. The van der Waals surface area contributed by atoms with Crippen LogP contribution in [0.1, 0.15) is 23.0 Å². The van der Waals surface area contributed by atoms with Crippen molar-refractivity contribution in [3.63, 3.8) is 0 Å². The zero-order chi connectivity index (χ0) is 16.1. The van der Waals surface area contributed by atoms with Crippen molar-refractivity contribution in [1.29, 1.82) is 0 Å². The third-order valence-electron chi connectivity index (χ3n) is 3.49. The normalized spacial score (nSPS) is 13.6. The predicted molar refractivity (Wildman–Crippen MR) is 86.7 cm³/mol. The molecule has 0 spiro atoms. The Morgan fingerprint density at radius 3 is 2.96 bits per heavy atom. The van der Waals surface area contributed by atoms with Gasteiger partial charge in [0, 0.05) is 11.4 Å². The van der Waals surface area contributed by atoms with Crippen molar-refractivity contribution in [1.82, 2.24) is 10.6 Å². The molecule has 7 heteroatoms. The van der Waals surface area contributed by atoms with Gasteiger partial charge >= 0.3 is 6.03 Å².